The Morgan fingerprint density at radius 1 is 1.00 bits per heavy atom. The van der Waals surface area contributed by atoms with E-state index in [9.17, 15) is 18.0 Å². The molecule has 0 aliphatic heterocycles. The molecule has 7 heteroatoms. The lowest BCUT2D eigenvalue weighted by Gasteiger charge is -2.12. The number of fused-ring (bicyclic) bond motifs is 1. The third-order valence-corrected chi connectivity index (χ3v) is 7.32. The predicted octanol–water partition coefficient (Wildman–Crippen LogP) is 3.76. The summed E-state index contributed by atoms with van der Waals surface area (Å²) in [6.45, 7) is 0. The molecule has 1 saturated carbocycles. The van der Waals surface area contributed by atoms with E-state index in [2.05, 4.69) is 5.32 Å². The number of carbonyl (C=O) groups is 1. The molecule has 0 bridgehead atoms. The van der Waals surface area contributed by atoms with Gasteiger partial charge in [0.15, 0.2) is 21.0 Å². The molecule has 1 fully saturated rings. The van der Waals surface area contributed by atoms with Crippen molar-refractivity contribution in [2.45, 2.75) is 35.8 Å². The monoisotopic (exact) mass is 397 g/mol. The molecule has 2 aromatic carbocycles. The van der Waals surface area contributed by atoms with Gasteiger partial charge in [-0.2, -0.15) is 0 Å². The van der Waals surface area contributed by atoms with Crippen molar-refractivity contribution in [1.82, 2.24) is 0 Å². The van der Waals surface area contributed by atoms with Gasteiger partial charge >= 0.3 is 0 Å². The van der Waals surface area contributed by atoms with Gasteiger partial charge in [-0.15, -0.1) is 0 Å². The van der Waals surface area contributed by atoms with Crippen molar-refractivity contribution in [3.05, 3.63) is 70.6 Å². The first kappa shape index (κ1) is 18.4. The molecule has 28 heavy (non-hydrogen) atoms. The van der Waals surface area contributed by atoms with Crippen LogP contribution < -0.4 is 10.7 Å². The van der Waals surface area contributed by atoms with Gasteiger partial charge in [-0.25, -0.2) is 8.42 Å². The summed E-state index contributed by atoms with van der Waals surface area (Å²) >= 11 is 0. The maximum atomic E-state index is 12.6. The van der Waals surface area contributed by atoms with Crippen molar-refractivity contribution in [3.8, 4) is 0 Å². The number of para-hydroxylation sites is 1. The number of hydrogen-bond donors (Lipinski definition) is 1. The smallest absolute Gasteiger partial charge is 0.291 e. The number of carbonyl (C=O) groups excluding carboxylic acids is 1. The molecule has 1 N–H and O–H groups in total. The van der Waals surface area contributed by atoms with Gasteiger partial charge in [0, 0.05) is 11.8 Å². The summed E-state index contributed by atoms with van der Waals surface area (Å²) in [5, 5.41) is 2.72. The van der Waals surface area contributed by atoms with Crippen LogP contribution in [0.3, 0.4) is 0 Å². The molecule has 1 aliphatic carbocycles. The maximum absolute atomic E-state index is 12.6. The molecule has 0 radical (unpaired) electrons. The SMILES string of the molecule is O=C(Nc1ccc(S(=O)(=O)C2CCCC2)cc1)c1cc(=O)c2ccccc2o1. The van der Waals surface area contributed by atoms with Crippen LogP contribution in [-0.4, -0.2) is 19.6 Å². The van der Waals surface area contributed by atoms with Crippen molar-refractivity contribution in [2.75, 3.05) is 5.32 Å². The van der Waals surface area contributed by atoms with Gasteiger partial charge in [-0.05, 0) is 49.2 Å². The molecule has 4 rings (SSSR count). The van der Waals surface area contributed by atoms with Crippen LogP contribution in [0.2, 0.25) is 0 Å². The minimum atomic E-state index is -3.34. The van der Waals surface area contributed by atoms with Gasteiger partial charge < -0.3 is 9.73 Å². The van der Waals surface area contributed by atoms with E-state index >= 15 is 0 Å². The fourth-order valence-corrected chi connectivity index (χ4v) is 5.38. The Morgan fingerprint density at radius 3 is 2.39 bits per heavy atom. The van der Waals surface area contributed by atoms with Crippen molar-refractivity contribution in [2.24, 2.45) is 0 Å². The number of amides is 1. The highest BCUT2D eigenvalue weighted by Crippen LogP contribution is 2.30. The van der Waals surface area contributed by atoms with Crippen LogP contribution in [0.25, 0.3) is 11.0 Å². The van der Waals surface area contributed by atoms with Crippen molar-refractivity contribution >= 4 is 32.4 Å². The first-order valence-corrected chi connectivity index (χ1v) is 10.7. The van der Waals surface area contributed by atoms with Crippen LogP contribution in [0, 0.1) is 0 Å². The molecule has 1 aromatic heterocycles. The summed E-state index contributed by atoms with van der Waals surface area (Å²) in [6.07, 6.45) is 3.27. The van der Waals surface area contributed by atoms with Crippen molar-refractivity contribution in [3.63, 3.8) is 0 Å². The Kier molecular flexibility index (Phi) is 4.77. The molecule has 1 amide bonds. The first-order valence-electron chi connectivity index (χ1n) is 9.13. The van der Waals surface area contributed by atoms with E-state index in [1.807, 2.05) is 0 Å². The van der Waals surface area contributed by atoms with Gasteiger partial charge in [0.25, 0.3) is 5.91 Å². The Balaban J connectivity index is 1.55. The van der Waals surface area contributed by atoms with E-state index in [0.29, 0.717) is 29.5 Å². The second-order valence-corrected chi connectivity index (χ2v) is 9.13. The first-order chi connectivity index (χ1) is 13.4. The van der Waals surface area contributed by atoms with Gasteiger partial charge in [0.05, 0.1) is 15.5 Å². The Bertz CT molecular complexity index is 1190. The van der Waals surface area contributed by atoms with E-state index in [1.165, 1.54) is 12.1 Å². The second kappa shape index (κ2) is 7.24. The summed E-state index contributed by atoms with van der Waals surface area (Å²) in [6, 6.07) is 13.9. The zero-order valence-corrected chi connectivity index (χ0v) is 15.9. The van der Waals surface area contributed by atoms with Crippen LogP contribution in [0.15, 0.2) is 68.7 Å². The van der Waals surface area contributed by atoms with Crippen LogP contribution in [0.1, 0.15) is 36.2 Å². The summed E-state index contributed by atoms with van der Waals surface area (Å²) in [5.41, 5.74) is 0.453. The number of nitrogens with one attached hydrogen (secondary N) is 1. The number of hydrogen-bond acceptors (Lipinski definition) is 5. The van der Waals surface area contributed by atoms with Gasteiger partial charge in [0.1, 0.15) is 5.58 Å². The lowest BCUT2D eigenvalue weighted by atomic mass is 10.2. The average molecular weight is 397 g/mol. The molecule has 1 heterocycles. The molecule has 144 valence electrons. The van der Waals surface area contributed by atoms with E-state index in [0.717, 1.165) is 18.9 Å². The minimum absolute atomic E-state index is 0.105. The van der Waals surface area contributed by atoms with E-state index in [-0.39, 0.29) is 21.3 Å². The predicted molar refractivity (Wildman–Crippen MR) is 106 cm³/mol. The maximum Gasteiger partial charge on any atom is 0.291 e. The molecule has 3 aromatic rings. The number of sulfone groups is 1. The largest absolute Gasteiger partial charge is 0.451 e. The average Bonchev–Trinajstić information content (AvgIpc) is 3.24. The third kappa shape index (κ3) is 3.45. The van der Waals surface area contributed by atoms with E-state index < -0.39 is 15.7 Å². The van der Waals surface area contributed by atoms with Crippen LogP contribution in [-0.2, 0) is 9.84 Å². The highest BCUT2D eigenvalue weighted by Gasteiger charge is 2.30. The highest BCUT2D eigenvalue weighted by molar-refractivity contribution is 7.92. The Labute approximate surface area is 162 Å². The Morgan fingerprint density at radius 2 is 1.68 bits per heavy atom. The number of rotatable bonds is 4. The van der Waals surface area contributed by atoms with Gasteiger partial charge in [0.2, 0.25) is 0 Å². The third-order valence-electron chi connectivity index (χ3n) is 5.04. The molecule has 0 unspecified atom stereocenters. The zero-order chi connectivity index (χ0) is 19.7. The molecular weight excluding hydrogens is 378 g/mol. The summed E-state index contributed by atoms with van der Waals surface area (Å²) < 4.78 is 30.7. The van der Waals surface area contributed by atoms with Crippen molar-refractivity contribution in [1.29, 1.82) is 0 Å². The lowest BCUT2D eigenvalue weighted by molar-refractivity contribution is 0.0997. The van der Waals surface area contributed by atoms with Gasteiger partial charge in [-0.3, -0.25) is 9.59 Å². The number of anilines is 1. The molecule has 0 atom stereocenters. The molecule has 0 saturated heterocycles. The zero-order valence-electron chi connectivity index (χ0n) is 15.1. The fraction of sp³-hybridized carbons (Fsp3) is 0.238. The van der Waals surface area contributed by atoms with Crippen LogP contribution >= 0.6 is 0 Å². The molecule has 6 nitrogen and oxygen atoms in total. The normalized spacial score (nSPS) is 15.0. The summed E-state index contributed by atoms with van der Waals surface area (Å²) in [7, 11) is -3.34. The highest BCUT2D eigenvalue weighted by atomic mass is 32.2. The minimum Gasteiger partial charge on any atom is -0.451 e. The van der Waals surface area contributed by atoms with E-state index in [1.54, 1.807) is 36.4 Å². The molecule has 1 aliphatic rings. The quantitative estimate of drug-likeness (QED) is 0.723. The Hall–Kier alpha value is -2.93. The topological polar surface area (TPSA) is 93.5 Å². The second-order valence-electron chi connectivity index (χ2n) is 6.90. The van der Waals surface area contributed by atoms with Gasteiger partial charge in [-0.1, -0.05) is 25.0 Å². The summed E-state index contributed by atoms with van der Waals surface area (Å²) in [4.78, 5) is 24.8. The standard InChI is InChI=1S/C21H19NO5S/c23-18-13-20(27-19-8-4-3-7-17(18)19)21(24)22-14-9-11-16(12-10-14)28(25,26)15-5-1-2-6-15/h3-4,7-13,15H,1-2,5-6H2,(H,22,24). The van der Waals surface area contributed by atoms with Crippen molar-refractivity contribution < 1.29 is 17.6 Å². The molecule has 0 spiro atoms. The van der Waals surface area contributed by atoms with E-state index in [4.69, 9.17) is 4.42 Å². The van der Waals surface area contributed by atoms with Crippen LogP contribution in [0.5, 0.6) is 0 Å². The lowest BCUT2D eigenvalue weighted by Crippen LogP contribution is -2.18. The molecular formula is C21H19NO5S. The fourth-order valence-electron chi connectivity index (χ4n) is 3.53. The van der Waals surface area contributed by atoms with Crippen LogP contribution in [0.4, 0.5) is 5.69 Å². The summed E-state index contributed by atoms with van der Waals surface area (Å²) in [5.74, 6) is -0.680. The number of benzene rings is 2.